The minimum absolute atomic E-state index is 0.0796. The number of carbonyl (C=O) groups excluding carboxylic acids is 2. The number of amides is 1. The van der Waals surface area contributed by atoms with Gasteiger partial charge in [0.15, 0.2) is 0 Å². The molecule has 2 aliphatic rings. The molecule has 1 aliphatic heterocycles. The number of nitrogens with zero attached hydrogens (tertiary/aromatic N) is 1. The van der Waals surface area contributed by atoms with Crippen molar-refractivity contribution in [3.63, 3.8) is 0 Å². The molecule has 2 aromatic carbocycles. The number of fused-ring (bicyclic) bond motifs is 1. The summed E-state index contributed by atoms with van der Waals surface area (Å²) in [6, 6.07) is 14.6. The first kappa shape index (κ1) is 21.3. The number of benzene rings is 2. The Hall–Kier alpha value is -3.60. The standard InChI is InChI=1S/C28H27NO4/c1-17-9-10-18(2)22(14-17)16-29-25(23-8-5-13-33-23)24(27(31)28(29)32)26(30)21-12-11-19-6-3-4-7-20(19)15-21/h5,8-15,25,30H,3-4,6-7,16H2,1-2H3/b26-24-. The first-order valence-corrected chi connectivity index (χ1v) is 11.4. The average molecular weight is 442 g/mol. The second-order valence-corrected chi connectivity index (χ2v) is 9.06. The van der Waals surface area contributed by atoms with Crippen molar-refractivity contribution >= 4 is 17.4 Å². The van der Waals surface area contributed by atoms with E-state index >= 15 is 0 Å². The summed E-state index contributed by atoms with van der Waals surface area (Å²) in [5, 5.41) is 11.3. The number of furan rings is 1. The Bertz CT molecular complexity index is 1270. The van der Waals surface area contributed by atoms with Gasteiger partial charge in [0.25, 0.3) is 11.7 Å². The van der Waals surface area contributed by atoms with Crippen molar-refractivity contribution in [2.75, 3.05) is 0 Å². The van der Waals surface area contributed by atoms with E-state index in [9.17, 15) is 14.7 Å². The van der Waals surface area contributed by atoms with Gasteiger partial charge in [0.05, 0.1) is 11.8 Å². The van der Waals surface area contributed by atoms with Crippen molar-refractivity contribution in [1.29, 1.82) is 0 Å². The van der Waals surface area contributed by atoms with Crippen molar-refractivity contribution in [3.8, 4) is 0 Å². The summed E-state index contributed by atoms with van der Waals surface area (Å²) in [5.74, 6) is -1.00. The zero-order chi connectivity index (χ0) is 23.1. The predicted molar refractivity (Wildman–Crippen MR) is 126 cm³/mol. The SMILES string of the molecule is Cc1ccc(C)c(CN2C(=O)C(=O)/C(=C(\O)c3ccc4c(c3)CCCC4)C2c2ccco2)c1. The van der Waals surface area contributed by atoms with Gasteiger partial charge >= 0.3 is 0 Å². The van der Waals surface area contributed by atoms with Crippen LogP contribution < -0.4 is 0 Å². The monoisotopic (exact) mass is 441 g/mol. The van der Waals surface area contributed by atoms with Crippen LogP contribution in [0.2, 0.25) is 0 Å². The minimum atomic E-state index is -0.782. The molecule has 1 amide bonds. The lowest BCUT2D eigenvalue weighted by atomic mass is 9.89. The highest BCUT2D eigenvalue weighted by Crippen LogP contribution is 2.41. The van der Waals surface area contributed by atoms with Gasteiger partial charge in [-0.15, -0.1) is 0 Å². The number of rotatable bonds is 4. The highest BCUT2D eigenvalue weighted by atomic mass is 16.3. The summed E-state index contributed by atoms with van der Waals surface area (Å²) in [7, 11) is 0. The number of aliphatic hydroxyl groups excluding tert-OH is 1. The number of hydrogen-bond donors (Lipinski definition) is 1. The van der Waals surface area contributed by atoms with Crippen LogP contribution in [0.3, 0.4) is 0 Å². The number of aryl methyl sites for hydroxylation is 4. The molecule has 0 saturated carbocycles. The molecule has 1 unspecified atom stereocenters. The van der Waals surface area contributed by atoms with E-state index in [2.05, 4.69) is 0 Å². The summed E-state index contributed by atoms with van der Waals surface area (Å²) >= 11 is 0. The lowest BCUT2D eigenvalue weighted by Crippen LogP contribution is -2.29. The second-order valence-electron chi connectivity index (χ2n) is 9.06. The summed E-state index contributed by atoms with van der Waals surface area (Å²) in [4.78, 5) is 27.9. The Morgan fingerprint density at radius 3 is 2.58 bits per heavy atom. The lowest BCUT2D eigenvalue weighted by Gasteiger charge is -2.24. The van der Waals surface area contributed by atoms with Gasteiger partial charge in [0.1, 0.15) is 17.6 Å². The van der Waals surface area contributed by atoms with Gasteiger partial charge in [-0.2, -0.15) is 0 Å². The van der Waals surface area contributed by atoms with Crippen LogP contribution in [0.25, 0.3) is 5.76 Å². The Morgan fingerprint density at radius 2 is 1.82 bits per heavy atom. The van der Waals surface area contributed by atoms with Gasteiger partial charge in [0, 0.05) is 12.1 Å². The molecule has 2 heterocycles. The van der Waals surface area contributed by atoms with Gasteiger partial charge in [0.2, 0.25) is 0 Å². The molecular weight excluding hydrogens is 414 g/mol. The third kappa shape index (κ3) is 3.78. The predicted octanol–water partition coefficient (Wildman–Crippen LogP) is 5.40. The quantitative estimate of drug-likeness (QED) is 0.334. The molecule has 1 aromatic heterocycles. The Balaban J connectivity index is 1.61. The molecule has 5 nitrogen and oxygen atoms in total. The van der Waals surface area contributed by atoms with E-state index < -0.39 is 17.7 Å². The molecule has 1 atom stereocenters. The number of aliphatic hydroxyl groups is 1. The summed E-state index contributed by atoms with van der Waals surface area (Å²) in [5.41, 5.74) is 6.21. The fraction of sp³-hybridized carbons (Fsp3) is 0.286. The summed E-state index contributed by atoms with van der Waals surface area (Å²) < 4.78 is 5.65. The molecule has 1 aliphatic carbocycles. The third-order valence-corrected chi connectivity index (χ3v) is 6.82. The summed E-state index contributed by atoms with van der Waals surface area (Å²) in [6.45, 7) is 4.24. The molecule has 33 heavy (non-hydrogen) atoms. The molecule has 0 radical (unpaired) electrons. The van der Waals surface area contributed by atoms with Crippen molar-refractivity contribution in [2.24, 2.45) is 0 Å². The zero-order valence-electron chi connectivity index (χ0n) is 18.9. The van der Waals surface area contributed by atoms with Gasteiger partial charge in [-0.25, -0.2) is 0 Å². The van der Waals surface area contributed by atoms with Crippen LogP contribution in [0.1, 0.15) is 58.0 Å². The van der Waals surface area contributed by atoms with Crippen molar-refractivity contribution in [1.82, 2.24) is 4.90 Å². The number of hydrogen-bond acceptors (Lipinski definition) is 4. The second kappa shape index (κ2) is 8.39. The zero-order valence-corrected chi connectivity index (χ0v) is 18.9. The molecule has 1 saturated heterocycles. The number of ketones is 1. The van der Waals surface area contributed by atoms with E-state index in [1.807, 2.05) is 50.2 Å². The van der Waals surface area contributed by atoms with Gasteiger partial charge in [-0.05, 0) is 80.0 Å². The van der Waals surface area contributed by atoms with Gasteiger partial charge in [-0.3, -0.25) is 9.59 Å². The first-order valence-electron chi connectivity index (χ1n) is 11.4. The van der Waals surface area contributed by atoms with Crippen molar-refractivity contribution in [3.05, 3.63) is 99.5 Å². The largest absolute Gasteiger partial charge is 0.507 e. The minimum Gasteiger partial charge on any atom is -0.507 e. The maximum Gasteiger partial charge on any atom is 0.296 e. The van der Waals surface area contributed by atoms with Gasteiger partial charge in [-0.1, -0.05) is 35.9 Å². The summed E-state index contributed by atoms with van der Waals surface area (Å²) in [6.07, 6.45) is 5.79. The normalized spacial score (nSPS) is 19.7. The molecule has 5 heteroatoms. The molecule has 168 valence electrons. The van der Waals surface area contributed by atoms with E-state index in [4.69, 9.17) is 4.42 Å². The number of likely N-dealkylation sites (tertiary alicyclic amines) is 1. The van der Waals surface area contributed by atoms with Crippen LogP contribution in [0.4, 0.5) is 0 Å². The van der Waals surface area contributed by atoms with Crippen LogP contribution in [-0.2, 0) is 29.0 Å². The number of carbonyl (C=O) groups is 2. The van der Waals surface area contributed by atoms with E-state index in [1.165, 1.54) is 28.7 Å². The first-order chi connectivity index (χ1) is 15.9. The van der Waals surface area contributed by atoms with Crippen LogP contribution in [0, 0.1) is 13.8 Å². The molecule has 0 bridgehead atoms. The van der Waals surface area contributed by atoms with Crippen LogP contribution in [0.5, 0.6) is 0 Å². The third-order valence-electron chi connectivity index (χ3n) is 6.82. The fourth-order valence-electron chi connectivity index (χ4n) is 4.98. The van der Waals surface area contributed by atoms with Crippen LogP contribution in [-0.4, -0.2) is 21.7 Å². The van der Waals surface area contributed by atoms with Gasteiger partial charge < -0.3 is 14.4 Å². The van der Waals surface area contributed by atoms with E-state index in [0.29, 0.717) is 11.3 Å². The Morgan fingerprint density at radius 1 is 1.03 bits per heavy atom. The number of Topliss-reactive ketones (excluding diaryl/α,β-unsaturated/α-hetero) is 1. The van der Waals surface area contributed by atoms with Crippen LogP contribution in [0.15, 0.2) is 64.8 Å². The maximum absolute atomic E-state index is 13.2. The highest BCUT2D eigenvalue weighted by molar-refractivity contribution is 6.46. The lowest BCUT2D eigenvalue weighted by molar-refractivity contribution is -0.140. The van der Waals surface area contributed by atoms with Crippen LogP contribution >= 0.6 is 0 Å². The maximum atomic E-state index is 13.2. The molecule has 3 aromatic rings. The highest BCUT2D eigenvalue weighted by Gasteiger charge is 2.47. The van der Waals surface area contributed by atoms with Crippen molar-refractivity contribution < 1.29 is 19.1 Å². The molecule has 1 fully saturated rings. The molecule has 1 N–H and O–H groups in total. The van der Waals surface area contributed by atoms with E-state index in [1.54, 1.807) is 12.1 Å². The fourth-order valence-corrected chi connectivity index (χ4v) is 4.98. The Kier molecular flexibility index (Phi) is 5.41. The smallest absolute Gasteiger partial charge is 0.296 e. The van der Waals surface area contributed by atoms with E-state index in [0.717, 1.165) is 36.0 Å². The molecule has 0 spiro atoms. The molecular formula is C28H27NO4. The van der Waals surface area contributed by atoms with E-state index in [-0.39, 0.29) is 17.9 Å². The topological polar surface area (TPSA) is 70.8 Å². The van der Waals surface area contributed by atoms with Crippen molar-refractivity contribution in [2.45, 2.75) is 52.1 Å². The molecule has 5 rings (SSSR count). The average Bonchev–Trinajstić information content (AvgIpc) is 3.43. The Labute approximate surface area is 193 Å².